The summed E-state index contributed by atoms with van der Waals surface area (Å²) < 4.78 is 6.29. The quantitative estimate of drug-likeness (QED) is 0.127. The summed E-state index contributed by atoms with van der Waals surface area (Å²) >= 11 is 2.00. The molecule has 2 aliphatic heterocycles. The Morgan fingerprint density at radius 3 is 2.29 bits per heavy atom. The Hall–Kier alpha value is -5.08. The van der Waals surface area contributed by atoms with Crippen LogP contribution in [0.2, 0.25) is 0 Å². The van der Waals surface area contributed by atoms with Crippen molar-refractivity contribution < 1.29 is 28.8 Å². The molecule has 1 saturated heterocycles. The standard InChI is InChI=1S/C31H24N4O8S2/c1-2-43-30(39)18-8-10-19(11-9-18)32-22(36)16-33-29-26(45-31(33)40)23(17-6-4-3-5-7-17)24-25(44-29)28(38)34(27(24)37)20-12-14-21(15-13-20)35(41)42/h3-15,23-25H,2,16H2,1H3,(H,32,36)/t23-,24+,25-/m0/s1. The lowest BCUT2D eigenvalue weighted by Crippen LogP contribution is -2.33. The van der Waals surface area contributed by atoms with Crippen molar-refractivity contribution in [1.29, 1.82) is 0 Å². The molecule has 2 aliphatic rings. The van der Waals surface area contributed by atoms with Crippen LogP contribution in [0.4, 0.5) is 17.1 Å². The number of esters is 1. The summed E-state index contributed by atoms with van der Waals surface area (Å²) in [5.74, 6) is -3.44. The molecule has 6 rings (SSSR count). The number of thiazole rings is 1. The van der Waals surface area contributed by atoms with Gasteiger partial charge in [0.05, 0.1) is 33.7 Å². The van der Waals surface area contributed by atoms with Crippen LogP contribution in [-0.4, -0.2) is 45.0 Å². The highest BCUT2D eigenvalue weighted by atomic mass is 32.2. The van der Waals surface area contributed by atoms with Gasteiger partial charge in [-0.05, 0) is 48.9 Å². The van der Waals surface area contributed by atoms with E-state index in [1.54, 1.807) is 19.1 Å². The van der Waals surface area contributed by atoms with E-state index in [-0.39, 0.29) is 24.5 Å². The zero-order chi connectivity index (χ0) is 31.8. The molecule has 12 nitrogen and oxygen atoms in total. The molecular formula is C31H24N4O8S2. The lowest BCUT2D eigenvalue weighted by Gasteiger charge is -2.30. The highest BCUT2D eigenvalue weighted by molar-refractivity contribution is 8.00. The summed E-state index contributed by atoms with van der Waals surface area (Å²) in [4.78, 5) is 77.9. The first kappa shape index (κ1) is 30.0. The Morgan fingerprint density at radius 1 is 0.956 bits per heavy atom. The van der Waals surface area contributed by atoms with Gasteiger partial charge in [-0.1, -0.05) is 53.4 Å². The maximum Gasteiger partial charge on any atom is 0.338 e. The van der Waals surface area contributed by atoms with Gasteiger partial charge >= 0.3 is 10.8 Å². The number of nitrogens with zero attached hydrogens (tertiary/aromatic N) is 3. The topological polar surface area (TPSA) is 158 Å². The van der Waals surface area contributed by atoms with Gasteiger partial charge in [-0.15, -0.1) is 0 Å². The van der Waals surface area contributed by atoms with Gasteiger partial charge in [0, 0.05) is 28.6 Å². The molecule has 0 unspecified atom stereocenters. The van der Waals surface area contributed by atoms with Gasteiger partial charge in [-0.25, -0.2) is 9.69 Å². The monoisotopic (exact) mass is 644 g/mol. The van der Waals surface area contributed by atoms with Crippen molar-refractivity contribution in [2.45, 2.75) is 29.7 Å². The van der Waals surface area contributed by atoms with Gasteiger partial charge in [-0.3, -0.25) is 33.9 Å². The average molecular weight is 645 g/mol. The minimum atomic E-state index is -0.899. The van der Waals surface area contributed by atoms with E-state index in [2.05, 4.69) is 5.32 Å². The van der Waals surface area contributed by atoms with Crippen molar-refractivity contribution in [2.75, 3.05) is 16.8 Å². The molecule has 1 fully saturated rings. The second-order valence-electron chi connectivity index (χ2n) is 10.2. The molecule has 0 saturated carbocycles. The van der Waals surface area contributed by atoms with Crippen molar-refractivity contribution in [3.8, 4) is 0 Å². The minimum Gasteiger partial charge on any atom is -0.462 e. The molecule has 0 radical (unpaired) electrons. The third-order valence-corrected chi connectivity index (χ3v) is 10.1. The van der Waals surface area contributed by atoms with Crippen LogP contribution in [0, 0.1) is 16.0 Å². The van der Waals surface area contributed by atoms with E-state index < -0.39 is 50.6 Å². The van der Waals surface area contributed by atoms with E-state index in [0.29, 0.717) is 21.2 Å². The Morgan fingerprint density at radius 2 is 1.64 bits per heavy atom. The van der Waals surface area contributed by atoms with Crippen LogP contribution in [0.25, 0.3) is 0 Å². The first-order chi connectivity index (χ1) is 21.7. The van der Waals surface area contributed by atoms with Crippen molar-refractivity contribution in [3.05, 3.63) is 115 Å². The number of thioether (sulfide) groups is 1. The van der Waals surface area contributed by atoms with Crippen LogP contribution >= 0.6 is 23.1 Å². The number of ether oxygens (including phenoxy) is 1. The molecular weight excluding hydrogens is 620 g/mol. The third kappa shape index (κ3) is 5.53. The highest BCUT2D eigenvalue weighted by Crippen LogP contribution is 2.53. The number of carbonyl (C=O) groups is 4. The number of rotatable bonds is 8. The van der Waals surface area contributed by atoms with Crippen molar-refractivity contribution in [3.63, 3.8) is 0 Å². The summed E-state index contributed by atoms with van der Waals surface area (Å²) in [5, 5.41) is 13.4. The molecule has 3 aromatic carbocycles. The van der Waals surface area contributed by atoms with Gasteiger partial charge in [0.25, 0.3) is 5.69 Å². The number of aromatic nitrogens is 1. The molecule has 14 heteroatoms. The summed E-state index contributed by atoms with van der Waals surface area (Å²) in [6.07, 6.45) is 0. The van der Waals surface area contributed by atoms with Crippen molar-refractivity contribution in [1.82, 2.24) is 4.57 Å². The predicted molar refractivity (Wildman–Crippen MR) is 167 cm³/mol. The summed E-state index contributed by atoms with van der Waals surface area (Å²) in [7, 11) is 0. The molecule has 3 atom stereocenters. The second-order valence-corrected chi connectivity index (χ2v) is 12.3. The SMILES string of the molecule is CCOC(=O)c1ccc(NC(=O)Cn2c3c(sc2=O)[C@@H](c2ccccc2)[C@H]2C(=O)N(c4ccc([N+](=O)[O-])cc4)C(=O)[C@H]2S3)cc1. The lowest BCUT2D eigenvalue weighted by molar-refractivity contribution is -0.384. The molecule has 4 aromatic rings. The molecule has 3 amide bonds. The number of non-ortho nitro benzene ring substituents is 1. The second kappa shape index (κ2) is 12.1. The van der Waals surface area contributed by atoms with Crippen molar-refractivity contribution in [2.24, 2.45) is 5.92 Å². The van der Waals surface area contributed by atoms with Crippen LogP contribution in [0.1, 0.15) is 33.6 Å². The molecule has 3 heterocycles. The van der Waals surface area contributed by atoms with E-state index in [4.69, 9.17) is 4.74 Å². The van der Waals surface area contributed by atoms with Crippen LogP contribution < -0.4 is 15.1 Å². The number of benzene rings is 3. The fraction of sp³-hybridized carbons (Fsp3) is 0.194. The number of nitrogens with one attached hydrogen (secondary N) is 1. The van der Waals surface area contributed by atoms with Crippen LogP contribution in [0.3, 0.4) is 0 Å². The normalized spacial score (nSPS) is 18.7. The number of imide groups is 1. The van der Waals surface area contributed by atoms with E-state index in [9.17, 15) is 34.1 Å². The van der Waals surface area contributed by atoms with Gasteiger partial charge < -0.3 is 10.1 Å². The van der Waals surface area contributed by atoms with Gasteiger partial charge in [-0.2, -0.15) is 0 Å². The number of hydrogen-bond donors (Lipinski definition) is 1. The highest BCUT2D eigenvalue weighted by Gasteiger charge is 2.56. The fourth-order valence-electron chi connectivity index (χ4n) is 5.50. The Labute approximate surface area is 263 Å². The van der Waals surface area contributed by atoms with Crippen LogP contribution in [0.15, 0.2) is 88.7 Å². The maximum atomic E-state index is 13.9. The Balaban J connectivity index is 1.31. The number of nitro benzene ring substituents is 1. The minimum absolute atomic E-state index is 0.175. The first-order valence-corrected chi connectivity index (χ1v) is 15.5. The van der Waals surface area contributed by atoms with Crippen LogP contribution in [-0.2, 0) is 25.7 Å². The first-order valence-electron chi connectivity index (χ1n) is 13.8. The van der Waals surface area contributed by atoms with Crippen LogP contribution in [0.5, 0.6) is 0 Å². The number of carbonyl (C=O) groups excluding carboxylic acids is 4. The Kier molecular flexibility index (Phi) is 8.08. The number of nitro groups is 1. The van der Waals surface area contributed by atoms with E-state index in [1.807, 2.05) is 30.3 Å². The number of amides is 3. The van der Waals surface area contributed by atoms with E-state index in [0.717, 1.165) is 33.6 Å². The molecule has 0 aliphatic carbocycles. The molecule has 1 aromatic heterocycles. The summed E-state index contributed by atoms with van der Waals surface area (Å²) in [6.45, 7) is 1.59. The molecule has 1 N–H and O–H groups in total. The molecule has 0 spiro atoms. The third-order valence-electron chi connectivity index (χ3n) is 7.51. The fourth-order valence-corrected chi connectivity index (χ4v) is 8.27. The predicted octanol–water partition coefficient (Wildman–Crippen LogP) is 4.43. The van der Waals surface area contributed by atoms with Gasteiger partial charge in [0.1, 0.15) is 11.8 Å². The van der Waals surface area contributed by atoms with E-state index in [1.165, 1.54) is 41.0 Å². The summed E-state index contributed by atoms with van der Waals surface area (Å²) in [6, 6.07) is 20.4. The number of hydrogen-bond acceptors (Lipinski definition) is 10. The van der Waals surface area contributed by atoms with E-state index >= 15 is 0 Å². The van der Waals surface area contributed by atoms with Crippen molar-refractivity contribution >= 4 is 63.9 Å². The Bertz CT molecular complexity index is 1890. The van der Waals surface area contributed by atoms with Gasteiger partial charge in [0.15, 0.2) is 0 Å². The molecule has 228 valence electrons. The largest absolute Gasteiger partial charge is 0.462 e. The zero-order valence-electron chi connectivity index (χ0n) is 23.6. The molecule has 45 heavy (non-hydrogen) atoms. The average Bonchev–Trinajstić information content (AvgIpc) is 3.48. The lowest BCUT2D eigenvalue weighted by atomic mass is 9.83. The number of anilines is 2. The number of fused-ring (bicyclic) bond motifs is 2. The van der Waals surface area contributed by atoms with Gasteiger partial charge in [0.2, 0.25) is 17.7 Å². The zero-order valence-corrected chi connectivity index (χ0v) is 25.2. The molecule has 0 bridgehead atoms. The summed E-state index contributed by atoms with van der Waals surface area (Å²) in [5.41, 5.74) is 1.52. The smallest absolute Gasteiger partial charge is 0.338 e. The maximum absolute atomic E-state index is 13.9.